The van der Waals surface area contributed by atoms with Crippen LogP contribution >= 0.6 is 0 Å². The molecule has 5 atom stereocenters. The number of esters is 1. The van der Waals surface area contributed by atoms with Crippen LogP contribution in [0.1, 0.15) is 50.8 Å². The number of hydrogen-bond donors (Lipinski definition) is 0. The highest BCUT2D eigenvalue weighted by molar-refractivity contribution is 6.99. The largest absolute Gasteiger partial charge is 0.466 e. The zero-order valence-electron chi connectivity index (χ0n) is 34.5. The highest BCUT2D eigenvalue weighted by atomic mass is 28.4. The van der Waals surface area contributed by atoms with E-state index in [0.29, 0.717) is 33.0 Å². The summed E-state index contributed by atoms with van der Waals surface area (Å²) in [6.07, 6.45) is 0.259. The number of nitrogens with zero attached hydrogens (tertiary/aromatic N) is 1. The Morgan fingerprint density at radius 2 is 1.02 bits per heavy atom. The van der Waals surface area contributed by atoms with E-state index in [0.717, 1.165) is 16.7 Å². The fourth-order valence-corrected chi connectivity index (χ4v) is 12.9. The number of hydrogen-bond acceptors (Lipinski definition) is 7. The van der Waals surface area contributed by atoms with Crippen LogP contribution in [-0.4, -0.2) is 69.3 Å². The summed E-state index contributed by atoms with van der Waals surface area (Å²) >= 11 is 0. The molecular weight excluding hydrogens is 739 g/mol. The van der Waals surface area contributed by atoms with Crippen LogP contribution in [-0.2, 0) is 48.0 Å². The summed E-state index contributed by atoms with van der Waals surface area (Å²) in [4.78, 5) is 16.0. The minimum absolute atomic E-state index is 0.0907. The van der Waals surface area contributed by atoms with Gasteiger partial charge in [-0.2, -0.15) is 0 Å². The number of ether oxygens (including phenoxy) is 4. The van der Waals surface area contributed by atoms with Gasteiger partial charge in [-0.05, 0) is 39.0 Å². The summed E-state index contributed by atoms with van der Waals surface area (Å²) in [5.74, 6) is -0.299. The normalized spacial score (nSPS) is 20.0. The van der Waals surface area contributed by atoms with E-state index in [1.54, 1.807) is 0 Å². The van der Waals surface area contributed by atoms with Crippen molar-refractivity contribution in [1.29, 1.82) is 0 Å². The summed E-state index contributed by atoms with van der Waals surface area (Å²) in [6, 6.07) is 51.0. The van der Waals surface area contributed by atoms with E-state index in [1.807, 2.05) is 67.6 Å². The van der Waals surface area contributed by atoms with E-state index < -0.39 is 32.7 Å². The molecule has 0 unspecified atom stereocenters. The lowest BCUT2D eigenvalue weighted by atomic mass is 9.85. The fourth-order valence-electron chi connectivity index (χ4n) is 8.36. The molecule has 7 nitrogen and oxygen atoms in total. The Morgan fingerprint density at radius 3 is 1.41 bits per heavy atom. The molecular formula is C50H59NO6Si. The Kier molecular flexibility index (Phi) is 15.4. The molecule has 1 fully saturated rings. The first-order valence-electron chi connectivity index (χ1n) is 20.5. The Balaban J connectivity index is 1.50. The van der Waals surface area contributed by atoms with Gasteiger partial charge in [0.1, 0.15) is 18.3 Å². The lowest BCUT2D eigenvalue weighted by Gasteiger charge is -2.54. The lowest BCUT2D eigenvalue weighted by molar-refractivity contribution is -0.226. The molecule has 0 amide bonds. The van der Waals surface area contributed by atoms with Gasteiger partial charge >= 0.3 is 5.97 Å². The smallest absolute Gasteiger partial charge is 0.307 e. The molecule has 304 valence electrons. The van der Waals surface area contributed by atoms with E-state index in [1.165, 1.54) is 10.4 Å². The van der Waals surface area contributed by atoms with Crippen LogP contribution in [0, 0.1) is 0 Å². The summed E-state index contributed by atoms with van der Waals surface area (Å²) in [5.41, 5.74) is 3.09. The molecule has 5 aromatic rings. The van der Waals surface area contributed by atoms with Crippen molar-refractivity contribution in [3.63, 3.8) is 0 Å². The molecule has 1 heterocycles. The molecule has 1 saturated heterocycles. The monoisotopic (exact) mass is 797 g/mol. The second-order valence-electron chi connectivity index (χ2n) is 15.9. The van der Waals surface area contributed by atoms with Crippen LogP contribution in [0.5, 0.6) is 0 Å². The van der Waals surface area contributed by atoms with Gasteiger partial charge in [0.2, 0.25) is 0 Å². The van der Waals surface area contributed by atoms with Crippen LogP contribution in [0.4, 0.5) is 0 Å². The minimum atomic E-state index is -3.01. The van der Waals surface area contributed by atoms with Gasteiger partial charge in [-0.15, -0.1) is 6.58 Å². The second-order valence-corrected chi connectivity index (χ2v) is 20.2. The van der Waals surface area contributed by atoms with Crippen molar-refractivity contribution < 1.29 is 28.2 Å². The molecule has 0 aliphatic carbocycles. The number of piperidine rings is 1. The van der Waals surface area contributed by atoms with E-state index in [2.05, 4.69) is 129 Å². The Bertz CT molecular complexity index is 1920. The van der Waals surface area contributed by atoms with Gasteiger partial charge in [0.05, 0.1) is 45.5 Å². The zero-order chi connectivity index (χ0) is 40.8. The number of carbonyl (C=O) groups excluding carboxylic acids is 1. The molecule has 0 aromatic heterocycles. The SMILES string of the molecule is C=CCN1[C@@H](CC(=O)OCC)[C@H](OCc2ccccc2)[C@@H](OCc2ccccc2)[C@H](OCc2ccccc2)[C@@H]1CO[Si](c1ccccc1)(c1ccccc1)C(C)(C)C. The molecule has 0 saturated carbocycles. The average molecular weight is 798 g/mol. The van der Waals surface area contributed by atoms with E-state index in [-0.39, 0.29) is 30.1 Å². The Labute approximate surface area is 346 Å². The maximum absolute atomic E-state index is 13.7. The van der Waals surface area contributed by atoms with E-state index in [4.69, 9.17) is 23.4 Å². The summed E-state index contributed by atoms with van der Waals surface area (Å²) < 4.78 is 34.6. The first-order chi connectivity index (χ1) is 28.2. The van der Waals surface area contributed by atoms with Gasteiger partial charge in [-0.3, -0.25) is 9.69 Å². The number of carbonyl (C=O) groups is 1. The van der Waals surface area contributed by atoms with E-state index in [9.17, 15) is 4.79 Å². The Morgan fingerprint density at radius 1 is 0.621 bits per heavy atom. The average Bonchev–Trinajstić information content (AvgIpc) is 3.24. The standard InChI is InChI=1S/C50H59NO6Si/c1-6-33-51-44(34-46(52)53-7-2)47(54-35-39-23-13-8-14-24-39)49(56-37-41-27-17-10-18-28-41)48(55-36-40-25-15-9-16-26-40)45(51)38-57-58(50(3,4)5,42-29-19-11-20-30-42)43-31-21-12-22-32-43/h6,8-32,44-45,47-49H,1,7,33-38H2,2-5H3/t44-,45-,47-,48+,49+/m0/s1. The van der Waals surface area contributed by atoms with Crippen molar-refractivity contribution in [2.45, 2.75) is 89.4 Å². The summed E-state index contributed by atoms with van der Waals surface area (Å²) in [7, 11) is -3.01. The van der Waals surface area contributed by atoms with Crippen LogP contribution in [0.25, 0.3) is 0 Å². The predicted octanol–water partition coefficient (Wildman–Crippen LogP) is 8.51. The third-order valence-corrected chi connectivity index (χ3v) is 16.0. The molecule has 1 aliphatic rings. The van der Waals surface area contributed by atoms with Gasteiger partial charge in [-0.25, -0.2) is 0 Å². The third kappa shape index (κ3) is 10.5. The number of likely N-dealkylation sites (tertiary alicyclic amines) is 1. The summed E-state index contributed by atoms with van der Waals surface area (Å²) in [6.45, 7) is 15.0. The maximum Gasteiger partial charge on any atom is 0.307 e. The third-order valence-electron chi connectivity index (χ3n) is 11.0. The highest BCUT2D eigenvalue weighted by Gasteiger charge is 2.55. The van der Waals surface area contributed by atoms with Crippen LogP contribution in [0.3, 0.4) is 0 Å². The van der Waals surface area contributed by atoms with Gasteiger partial charge in [-0.1, -0.05) is 179 Å². The molecule has 0 spiro atoms. The van der Waals surface area contributed by atoms with Gasteiger partial charge < -0.3 is 23.4 Å². The van der Waals surface area contributed by atoms with Crippen LogP contribution in [0.2, 0.25) is 5.04 Å². The number of rotatable bonds is 19. The molecule has 1 aliphatic heterocycles. The maximum atomic E-state index is 13.7. The molecule has 58 heavy (non-hydrogen) atoms. The van der Waals surface area contributed by atoms with Crippen molar-refractivity contribution in [2.24, 2.45) is 0 Å². The molecule has 0 radical (unpaired) electrons. The predicted molar refractivity (Wildman–Crippen MR) is 234 cm³/mol. The summed E-state index contributed by atoms with van der Waals surface area (Å²) in [5, 5.41) is 2.11. The van der Waals surface area contributed by atoms with Crippen molar-refractivity contribution in [3.8, 4) is 0 Å². The van der Waals surface area contributed by atoms with Crippen LogP contribution in [0.15, 0.2) is 164 Å². The van der Waals surface area contributed by atoms with Crippen LogP contribution < -0.4 is 10.4 Å². The van der Waals surface area contributed by atoms with Crippen molar-refractivity contribution in [1.82, 2.24) is 4.90 Å². The fraction of sp³-hybridized carbons (Fsp3) is 0.340. The molecule has 6 rings (SSSR count). The van der Waals surface area contributed by atoms with Crippen molar-refractivity contribution in [3.05, 3.63) is 181 Å². The molecule has 5 aromatic carbocycles. The topological polar surface area (TPSA) is 66.5 Å². The molecule has 8 heteroatoms. The minimum Gasteiger partial charge on any atom is -0.466 e. The lowest BCUT2D eigenvalue weighted by Crippen LogP contribution is -2.72. The first kappa shape index (κ1) is 42.9. The second kappa shape index (κ2) is 20.8. The van der Waals surface area contributed by atoms with Gasteiger partial charge in [0, 0.05) is 12.6 Å². The Hall–Kier alpha value is -4.67. The quantitative estimate of drug-likeness (QED) is 0.0472. The van der Waals surface area contributed by atoms with Gasteiger partial charge in [0.25, 0.3) is 8.32 Å². The number of benzene rings is 5. The van der Waals surface area contributed by atoms with Crippen molar-refractivity contribution in [2.75, 3.05) is 19.8 Å². The zero-order valence-corrected chi connectivity index (χ0v) is 35.5. The van der Waals surface area contributed by atoms with Crippen molar-refractivity contribution >= 4 is 24.7 Å². The molecule has 0 bridgehead atoms. The first-order valence-corrected chi connectivity index (χ1v) is 22.4. The van der Waals surface area contributed by atoms with E-state index >= 15 is 0 Å². The highest BCUT2D eigenvalue weighted by Crippen LogP contribution is 2.39. The molecule has 0 N–H and O–H groups in total. The van der Waals surface area contributed by atoms with Gasteiger partial charge in [0.15, 0.2) is 0 Å².